The van der Waals surface area contributed by atoms with E-state index in [9.17, 15) is 9.59 Å². The van der Waals surface area contributed by atoms with Crippen molar-refractivity contribution in [2.75, 3.05) is 13.1 Å². The van der Waals surface area contributed by atoms with Gasteiger partial charge in [0.05, 0.1) is 4.88 Å². The van der Waals surface area contributed by atoms with Gasteiger partial charge in [-0.25, -0.2) is 4.79 Å². The molecule has 4 nitrogen and oxygen atoms in total. The maximum absolute atomic E-state index is 12.4. The third-order valence-electron chi connectivity index (χ3n) is 2.82. The number of nitrogens with zero attached hydrogens (tertiary/aromatic N) is 1. The van der Waals surface area contributed by atoms with Crippen LogP contribution in [0.1, 0.15) is 46.8 Å². The van der Waals surface area contributed by atoms with Gasteiger partial charge in [-0.3, -0.25) is 4.79 Å². The van der Waals surface area contributed by atoms with E-state index in [4.69, 9.17) is 5.11 Å². The number of carbonyl (C=O) groups is 2. The maximum atomic E-state index is 12.4. The fourth-order valence-corrected chi connectivity index (χ4v) is 2.97. The smallest absolute Gasteiger partial charge is 0.328 e. The van der Waals surface area contributed by atoms with Crippen molar-refractivity contribution in [1.29, 1.82) is 0 Å². The zero-order chi connectivity index (χ0) is 15.1. The molecule has 1 N–H and O–H groups in total. The van der Waals surface area contributed by atoms with Crippen molar-refractivity contribution in [3.05, 3.63) is 27.5 Å². The maximum Gasteiger partial charge on any atom is 0.328 e. The van der Waals surface area contributed by atoms with Crippen LogP contribution < -0.4 is 0 Å². The Morgan fingerprint density at radius 1 is 1.30 bits per heavy atom. The van der Waals surface area contributed by atoms with Crippen molar-refractivity contribution >= 4 is 29.3 Å². The fraction of sp³-hybridized carbons (Fsp3) is 0.467. The van der Waals surface area contributed by atoms with Gasteiger partial charge in [0.1, 0.15) is 0 Å². The third-order valence-corrected chi connectivity index (χ3v) is 4.01. The van der Waals surface area contributed by atoms with Gasteiger partial charge >= 0.3 is 5.97 Å². The normalized spacial score (nSPS) is 10.9. The number of hydrogen-bond acceptors (Lipinski definition) is 3. The molecule has 0 fully saturated rings. The Hall–Kier alpha value is -1.62. The first-order valence-corrected chi connectivity index (χ1v) is 7.61. The summed E-state index contributed by atoms with van der Waals surface area (Å²) in [4.78, 5) is 26.3. The highest BCUT2D eigenvalue weighted by Crippen LogP contribution is 2.24. The second-order valence-corrected chi connectivity index (χ2v) is 5.71. The second-order valence-electron chi connectivity index (χ2n) is 4.62. The van der Waals surface area contributed by atoms with Gasteiger partial charge in [-0.1, -0.05) is 13.8 Å². The molecule has 1 aromatic rings. The average molecular weight is 295 g/mol. The number of rotatable bonds is 7. The fourth-order valence-electron chi connectivity index (χ4n) is 1.92. The van der Waals surface area contributed by atoms with Crippen LogP contribution >= 0.6 is 11.3 Å². The number of amides is 1. The Morgan fingerprint density at radius 2 is 1.90 bits per heavy atom. The van der Waals surface area contributed by atoms with Crippen LogP contribution in [0.4, 0.5) is 0 Å². The van der Waals surface area contributed by atoms with Gasteiger partial charge in [0.15, 0.2) is 0 Å². The highest BCUT2D eigenvalue weighted by molar-refractivity contribution is 7.15. The summed E-state index contributed by atoms with van der Waals surface area (Å²) in [6, 6.07) is 1.84. The molecule has 0 aliphatic carbocycles. The van der Waals surface area contributed by atoms with Crippen molar-refractivity contribution in [2.45, 2.75) is 33.6 Å². The molecule has 0 radical (unpaired) electrons. The van der Waals surface area contributed by atoms with Crippen LogP contribution in [0.5, 0.6) is 0 Å². The molecule has 1 amide bonds. The highest BCUT2D eigenvalue weighted by Gasteiger charge is 2.17. The number of aryl methyl sites for hydroxylation is 1. The highest BCUT2D eigenvalue weighted by atomic mass is 32.1. The minimum absolute atomic E-state index is 0.0387. The Labute approximate surface area is 123 Å². The SMILES string of the molecule is CCCN(CCC)C(=O)c1cc(C)c(/C=C/C(=O)O)s1. The van der Waals surface area contributed by atoms with E-state index in [1.807, 2.05) is 17.9 Å². The van der Waals surface area contributed by atoms with E-state index in [-0.39, 0.29) is 5.91 Å². The minimum Gasteiger partial charge on any atom is -0.478 e. The first-order valence-electron chi connectivity index (χ1n) is 6.80. The largest absolute Gasteiger partial charge is 0.478 e. The predicted octanol–water partition coefficient (Wildman–Crippen LogP) is 3.42. The lowest BCUT2D eigenvalue weighted by Crippen LogP contribution is -2.31. The molecule has 0 aliphatic heterocycles. The van der Waals surface area contributed by atoms with Crippen molar-refractivity contribution in [3.8, 4) is 0 Å². The molecule has 0 atom stereocenters. The van der Waals surface area contributed by atoms with E-state index in [1.165, 1.54) is 11.3 Å². The molecule has 110 valence electrons. The zero-order valence-corrected chi connectivity index (χ0v) is 13.0. The molecule has 0 saturated heterocycles. The number of hydrogen-bond donors (Lipinski definition) is 1. The van der Waals surface area contributed by atoms with Crippen LogP contribution in [0.3, 0.4) is 0 Å². The Balaban J connectivity index is 2.93. The molecule has 0 saturated carbocycles. The summed E-state index contributed by atoms with van der Waals surface area (Å²) in [5, 5.41) is 8.65. The van der Waals surface area contributed by atoms with Crippen LogP contribution in [-0.2, 0) is 4.79 Å². The predicted molar refractivity (Wildman–Crippen MR) is 82.2 cm³/mol. The molecule has 0 unspecified atom stereocenters. The van der Waals surface area contributed by atoms with Crippen molar-refractivity contribution in [2.24, 2.45) is 0 Å². The number of carboxylic acids is 1. The van der Waals surface area contributed by atoms with Crippen molar-refractivity contribution in [3.63, 3.8) is 0 Å². The van der Waals surface area contributed by atoms with E-state index in [0.29, 0.717) is 4.88 Å². The summed E-state index contributed by atoms with van der Waals surface area (Å²) in [6.07, 6.45) is 4.51. The van der Waals surface area contributed by atoms with Gasteiger partial charge in [0, 0.05) is 24.0 Å². The lowest BCUT2D eigenvalue weighted by Gasteiger charge is -2.20. The van der Waals surface area contributed by atoms with Crippen LogP contribution in [0.15, 0.2) is 12.1 Å². The minimum atomic E-state index is -0.982. The van der Waals surface area contributed by atoms with E-state index in [2.05, 4.69) is 13.8 Å². The Morgan fingerprint density at radius 3 is 2.40 bits per heavy atom. The van der Waals surface area contributed by atoms with Gasteiger partial charge in [-0.15, -0.1) is 11.3 Å². The molecule has 5 heteroatoms. The molecule has 1 aromatic heterocycles. The first kappa shape index (κ1) is 16.4. The standard InChI is InChI=1S/C15H21NO3S/c1-4-8-16(9-5-2)15(19)13-10-11(3)12(20-13)6-7-14(17)18/h6-7,10H,4-5,8-9H2,1-3H3,(H,17,18)/b7-6+. The Kier molecular flexibility index (Phi) is 6.45. The molecular formula is C15H21NO3S. The van der Waals surface area contributed by atoms with E-state index in [0.717, 1.165) is 42.4 Å². The third kappa shape index (κ3) is 4.49. The number of thiophene rings is 1. The Bertz CT molecular complexity index is 499. The van der Waals surface area contributed by atoms with Gasteiger partial charge in [-0.2, -0.15) is 0 Å². The summed E-state index contributed by atoms with van der Waals surface area (Å²) in [7, 11) is 0. The van der Waals surface area contributed by atoms with Gasteiger partial charge in [0.2, 0.25) is 0 Å². The summed E-state index contributed by atoms with van der Waals surface area (Å²) < 4.78 is 0. The quantitative estimate of drug-likeness (QED) is 0.784. The molecule has 0 aromatic carbocycles. The van der Waals surface area contributed by atoms with Crippen molar-refractivity contribution < 1.29 is 14.7 Å². The molecule has 20 heavy (non-hydrogen) atoms. The molecule has 0 aliphatic rings. The molecule has 1 rings (SSSR count). The van der Waals surface area contributed by atoms with Gasteiger partial charge < -0.3 is 10.0 Å². The van der Waals surface area contributed by atoms with E-state index < -0.39 is 5.97 Å². The first-order chi connectivity index (χ1) is 9.49. The topological polar surface area (TPSA) is 57.6 Å². The summed E-state index contributed by atoms with van der Waals surface area (Å²) in [5.74, 6) is -0.943. The van der Waals surface area contributed by atoms with E-state index >= 15 is 0 Å². The monoisotopic (exact) mass is 295 g/mol. The molecule has 1 heterocycles. The lowest BCUT2D eigenvalue weighted by atomic mass is 10.2. The van der Waals surface area contributed by atoms with Crippen molar-refractivity contribution in [1.82, 2.24) is 4.90 Å². The van der Waals surface area contributed by atoms with Gasteiger partial charge in [-0.05, 0) is 37.5 Å². The van der Waals surface area contributed by atoms with Crippen LogP contribution in [0.25, 0.3) is 6.08 Å². The second kappa shape index (κ2) is 7.85. The van der Waals surface area contributed by atoms with Crippen LogP contribution in [0, 0.1) is 6.92 Å². The summed E-state index contributed by atoms with van der Waals surface area (Å²) >= 11 is 1.35. The molecular weight excluding hydrogens is 274 g/mol. The molecule has 0 bridgehead atoms. The average Bonchev–Trinajstić information content (AvgIpc) is 2.76. The number of carbonyl (C=O) groups excluding carboxylic acids is 1. The summed E-state index contributed by atoms with van der Waals surface area (Å²) in [5.41, 5.74) is 0.934. The van der Waals surface area contributed by atoms with Crippen LogP contribution in [0.2, 0.25) is 0 Å². The van der Waals surface area contributed by atoms with Gasteiger partial charge in [0.25, 0.3) is 5.91 Å². The molecule has 0 spiro atoms. The van der Waals surface area contributed by atoms with Crippen LogP contribution in [-0.4, -0.2) is 35.0 Å². The lowest BCUT2D eigenvalue weighted by molar-refractivity contribution is -0.131. The zero-order valence-electron chi connectivity index (χ0n) is 12.2. The van der Waals surface area contributed by atoms with E-state index in [1.54, 1.807) is 6.08 Å². The number of aliphatic carboxylic acids is 1. The summed E-state index contributed by atoms with van der Waals surface area (Å²) in [6.45, 7) is 7.50. The number of carboxylic acid groups (broad SMARTS) is 1.